The molecule has 1 aliphatic carbocycles. The van der Waals surface area contributed by atoms with Crippen LogP contribution in [0.3, 0.4) is 0 Å². The van der Waals surface area contributed by atoms with Gasteiger partial charge in [-0.15, -0.1) is 0 Å². The van der Waals surface area contributed by atoms with Gasteiger partial charge in [0.25, 0.3) is 0 Å². The first-order valence-electron chi connectivity index (χ1n) is 8.99. The highest BCUT2D eigenvalue weighted by atomic mass is 16.5. The highest BCUT2D eigenvalue weighted by Crippen LogP contribution is 2.26. The largest absolute Gasteiger partial charge is 0.480 e. The van der Waals surface area contributed by atoms with Crippen LogP contribution in [0.2, 0.25) is 0 Å². The van der Waals surface area contributed by atoms with Gasteiger partial charge in [0.1, 0.15) is 5.60 Å². The van der Waals surface area contributed by atoms with Gasteiger partial charge in [-0.2, -0.15) is 0 Å². The van der Waals surface area contributed by atoms with Gasteiger partial charge in [-0.25, -0.2) is 4.79 Å². The van der Waals surface area contributed by atoms with Crippen LogP contribution in [0.15, 0.2) is 30.3 Å². The lowest BCUT2D eigenvalue weighted by Crippen LogP contribution is -2.57. The first kappa shape index (κ1) is 20.2. The quantitative estimate of drug-likeness (QED) is 0.622. The van der Waals surface area contributed by atoms with Crippen molar-refractivity contribution in [1.82, 2.24) is 15.5 Å². The summed E-state index contributed by atoms with van der Waals surface area (Å²) in [6, 6.07) is 9.84. The zero-order valence-electron chi connectivity index (χ0n) is 15.7. The van der Waals surface area contributed by atoms with Crippen molar-refractivity contribution in [2.24, 2.45) is 0 Å². The highest BCUT2D eigenvalue weighted by molar-refractivity contribution is 5.74. The van der Waals surface area contributed by atoms with Crippen LogP contribution in [0.5, 0.6) is 0 Å². The number of nitrogens with zero attached hydrogens (tertiary/aromatic N) is 1. The number of amides is 2. The summed E-state index contributed by atoms with van der Waals surface area (Å²) in [4.78, 5) is 25.0. The predicted molar refractivity (Wildman–Crippen MR) is 99.0 cm³/mol. The van der Waals surface area contributed by atoms with Crippen molar-refractivity contribution in [2.75, 3.05) is 26.7 Å². The average Bonchev–Trinajstić information content (AvgIpc) is 2.61. The summed E-state index contributed by atoms with van der Waals surface area (Å²) in [6.45, 7) is 4.98. The number of hydrogen-bond acceptors (Lipinski definition) is 4. The number of rotatable bonds is 9. The SMILES string of the molecule is CCN(CC(=O)O)C1CC(NC(=O)NCC(C)(OC)c2ccccc2)C1. The van der Waals surface area contributed by atoms with E-state index >= 15 is 0 Å². The molecule has 0 aromatic heterocycles. The van der Waals surface area contributed by atoms with E-state index in [2.05, 4.69) is 10.6 Å². The van der Waals surface area contributed by atoms with Crippen molar-refractivity contribution in [2.45, 2.75) is 44.4 Å². The first-order chi connectivity index (χ1) is 12.4. The number of hydrogen-bond donors (Lipinski definition) is 3. The summed E-state index contributed by atoms with van der Waals surface area (Å²) in [7, 11) is 1.63. The van der Waals surface area contributed by atoms with Gasteiger partial charge >= 0.3 is 12.0 Å². The van der Waals surface area contributed by atoms with E-state index in [4.69, 9.17) is 9.84 Å². The second-order valence-corrected chi connectivity index (χ2v) is 6.91. The summed E-state index contributed by atoms with van der Waals surface area (Å²) < 4.78 is 5.61. The molecule has 1 saturated carbocycles. The van der Waals surface area contributed by atoms with Crippen LogP contribution in [0, 0.1) is 0 Å². The van der Waals surface area contributed by atoms with Gasteiger partial charge in [0, 0.05) is 19.2 Å². The van der Waals surface area contributed by atoms with E-state index in [1.807, 2.05) is 49.1 Å². The van der Waals surface area contributed by atoms with Gasteiger partial charge in [-0.3, -0.25) is 9.69 Å². The predicted octanol–water partition coefficient (Wildman–Crippen LogP) is 1.78. The topological polar surface area (TPSA) is 90.9 Å². The lowest BCUT2D eigenvalue weighted by Gasteiger charge is -2.42. The molecule has 0 spiro atoms. The monoisotopic (exact) mass is 363 g/mol. The molecule has 3 N–H and O–H groups in total. The van der Waals surface area contributed by atoms with E-state index in [0.29, 0.717) is 13.1 Å². The van der Waals surface area contributed by atoms with Gasteiger partial charge in [0.2, 0.25) is 0 Å². The number of carboxylic acids is 1. The van der Waals surface area contributed by atoms with Gasteiger partial charge in [0.15, 0.2) is 0 Å². The number of methoxy groups -OCH3 is 1. The summed E-state index contributed by atoms with van der Waals surface area (Å²) in [6.07, 6.45) is 1.55. The van der Waals surface area contributed by atoms with Crippen LogP contribution in [-0.2, 0) is 15.1 Å². The Kier molecular flexibility index (Phi) is 6.99. The molecule has 0 radical (unpaired) electrons. The number of benzene rings is 1. The van der Waals surface area contributed by atoms with Crippen molar-refractivity contribution < 1.29 is 19.4 Å². The van der Waals surface area contributed by atoms with E-state index < -0.39 is 11.6 Å². The lowest BCUT2D eigenvalue weighted by atomic mass is 9.85. The summed E-state index contributed by atoms with van der Waals surface area (Å²) in [5.41, 5.74) is 0.403. The standard InChI is InChI=1S/C19H29N3O4/c1-4-22(12-17(23)24)16-10-15(11-16)21-18(25)20-13-19(2,26-3)14-8-6-5-7-9-14/h5-9,15-16H,4,10-13H2,1-3H3,(H,23,24)(H2,20,21,25). The number of likely N-dealkylation sites (N-methyl/N-ethyl adjacent to an activating group) is 1. The number of urea groups is 1. The minimum atomic E-state index is -0.819. The molecule has 2 rings (SSSR count). The Morgan fingerprint density at radius 2 is 1.96 bits per heavy atom. The molecule has 0 bridgehead atoms. The van der Waals surface area contributed by atoms with Crippen LogP contribution in [0.25, 0.3) is 0 Å². The molecule has 1 aromatic rings. The zero-order chi connectivity index (χ0) is 19.2. The van der Waals surface area contributed by atoms with Crippen LogP contribution < -0.4 is 10.6 Å². The normalized spacial score (nSPS) is 21.5. The van der Waals surface area contributed by atoms with Crippen LogP contribution >= 0.6 is 0 Å². The zero-order valence-corrected chi connectivity index (χ0v) is 15.7. The molecule has 1 aromatic carbocycles. The van der Waals surface area contributed by atoms with Gasteiger partial charge in [-0.1, -0.05) is 37.3 Å². The van der Waals surface area contributed by atoms with Crippen molar-refractivity contribution >= 4 is 12.0 Å². The molecule has 7 nitrogen and oxygen atoms in total. The van der Waals surface area contributed by atoms with Crippen LogP contribution in [-0.4, -0.2) is 60.8 Å². The Balaban J connectivity index is 1.77. The Bertz CT molecular complexity index is 604. The third kappa shape index (κ3) is 5.19. The number of nitrogens with one attached hydrogen (secondary N) is 2. The number of ether oxygens (including phenoxy) is 1. The molecule has 144 valence electrons. The fourth-order valence-corrected chi connectivity index (χ4v) is 3.24. The molecule has 0 saturated heterocycles. The van der Waals surface area contributed by atoms with Crippen LogP contribution in [0.4, 0.5) is 4.79 Å². The molecule has 1 aliphatic rings. The van der Waals surface area contributed by atoms with E-state index in [0.717, 1.165) is 18.4 Å². The molecule has 0 heterocycles. The molecule has 1 atom stereocenters. The molecule has 1 unspecified atom stereocenters. The number of carbonyl (C=O) groups is 2. The maximum absolute atomic E-state index is 12.2. The minimum absolute atomic E-state index is 0.0450. The second-order valence-electron chi connectivity index (χ2n) is 6.91. The maximum Gasteiger partial charge on any atom is 0.317 e. The van der Waals surface area contributed by atoms with Gasteiger partial charge in [0.05, 0.1) is 13.1 Å². The van der Waals surface area contributed by atoms with E-state index in [-0.39, 0.29) is 24.7 Å². The molecular formula is C19H29N3O4. The maximum atomic E-state index is 12.2. The molecule has 7 heteroatoms. The molecular weight excluding hydrogens is 334 g/mol. The van der Waals surface area contributed by atoms with Crippen molar-refractivity contribution in [3.8, 4) is 0 Å². The number of carbonyl (C=O) groups excluding carboxylic acids is 1. The average molecular weight is 363 g/mol. The molecule has 0 aliphatic heterocycles. The fraction of sp³-hybridized carbons (Fsp3) is 0.579. The third-order valence-electron chi connectivity index (χ3n) is 5.13. The smallest absolute Gasteiger partial charge is 0.317 e. The summed E-state index contributed by atoms with van der Waals surface area (Å²) in [5, 5.41) is 14.8. The van der Waals surface area contributed by atoms with E-state index in [1.165, 1.54) is 0 Å². The Labute approximate surface area is 154 Å². The lowest BCUT2D eigenvalue weighted by molar-refractivity contribution is -0.139. The summed E-state index contributed by atoms with van der Waals surface area (Å²) >= 11 is 0. The number of carboxylic acid groups (broad SMARTS) is 1. The Morgan fingerprint density at radius 1 is 1.31 bits per heavy atom. The molecule has 26 heavy (non-hydrogen) atoms. The van der Waals surface area contributed by atoms with Gasteiger partial charge < -0.3 is 20.5 Å². The van der Waals surface area contributed by atoms with Crippen molar-refractivity contribution in [3.05, 3.63) is 35.9 Å². The third-order valence-corrected chi connectivity index (χ3v) is 5.13. The summed E-state index contributed by atoms with van der Waals surface area (Å²) in [5.74, 6) is -0.819. The Hall–Kier alpha value is -2.12. The highest BCUT2D eigenvalue weighted by Gasteiger charge is 2.35. The van der Waals surface area contributed by atoms with E-state index in [1.54, 1.807) is 7.11 Å². The van der Waals surface area contributed by atoms with E-state index in [9.17, 15) is 9.59 Å². The minimum Gasteiger partial charge on any atom is -0.480 e. The van der Waals surface area contributed by atoms with Gasteiger partial charge in [-0.05, 0) is 31.9 Å². The van der Waals surface area contributed by atoms with Crippen LogP contribution in [0.1, 0.15) is 32.3 Å². The van der Waals surface area contributed by atoms with Crippen molar-refractivity contribution in [3.63, 3.8) is 0 Å². The molecule has 2 amide bonds. The fourth-order valence-electron chi connectivity index (χ4n) is 3.24. The van der Waals surface area contributed by atoms with Crippen molar-refractivity contribution in [1.29, 1.82) is 0 Å². The molecule has 1 fully saturated rings. The first-order valence-corrected chi connectivity index (χ1v) is 8.99. The number of aliphatic carboxylic acids is 1. The second kappa shape index (κ2) is 9.00. The Morgan fingerprint density at radius 3 is 2.50 bits per heavy atom.